The van der Waals surface area contributed by atoms with E-state index in [0.29, 0.717) is 0 Å². The Kier molecular flexibility index (Phi) is 6.86. The lowest BCUT2D eigenvalue weighted by molar-refractivity contribution is 0.710. The Hall–Kier alpha value is -1.59. The molecule has 1 heterocycles. The van der Waals surface area contributed by atoms with Crippen LogP contribution in [0.1, 0.15) is 32.0 Å². The van der Waals surface area contributed by atoms with Gasteiger partial charge in [0.05, 0.1) is 5.69 Å². The summed E-state index contributed by atoms with van der Waals surface area (Å²) in [5.41, 5.74) is 4.81. The van der Waals surface area contributed by atoms with E-state index >= 15 is 0 Å². The van der Waals surface area contributed by atoms with Gasteiger partial charge in [0.25, 0.3) is 0 Å². The van der Waals surface area contributed by atoms with Gasteiger partial charge in [-0.1, -0.05) is 6.92 Å². The van der Waals surface area contributed by atoms with E-state index in [1.165, 1.54) is 11.3 Å². The fraction of sp³-hybridized carbons (Fsp3) is 0.500. The molecule has 126 valence electrons. The van der Waals surface area contributed by atoms with Crippen molar-refractivity contribution in [2.24, 2.45) is 0 Å². The summed E-state index contributed by atoms with van der Waals surface area (Å²) in [6, 6.07) is 6.58. The third-order valence-electron chi connectivity index (χ3n) is 3.94. The summed E-state index contributed by atoms with van der Waals surface area (Å²) >= 11 is 1.67. The maximum absolute atomic E-state index is 4.67. The first-order chi connectivity index (χ1) is 11.2. The van der Waals surface area contributed by atoms with E-state index in [9.17, 15) is 0 Å². The van der Waals surface area contributed by atoms with E-state index in [1.807, 2.05) is 0 Å². The molecule has 0 atom stereocenters. The highest BCUT2D eigenvalue weighted by atomic mass is 32.1. The van der Waals surface area contributed by atoms with Gasteiger partial charge < -0.3 is 15.5 Å². The first kappa shape index (κ1) is 17.8. The Morgan fingerprint density at radius 2 is 1.96 bits per heavy atom. The number of thiazole rings is 1. The molecule has 1 aromatic carbocycles. The largest absolute Gasteiger partial charge is 0.372 e. The first-order valence-corrected chi connectivity index (χ1v) is 9.33. The molecule has 2 aromatic rings. The van der Waals surface area contributed by atoms with Crippen molar-refractivity contribution in [3.05, 3.63) is 34.8 Å². The number of hydrogen-bond acceptors (Lipinski definition) is 5. The van der Waals surface area contributed by atoms with Gasteiger partial charge in [0.2, 0.25) is 0 Å². The fourth-order valence-corrected chi connectivity index (χ4v) is 3.32. The van der Waals surface area contributed by atoms with Crippen LogP contribution >= 0.6 is 11.3 Å². The average Bonchev–Trinajstić information content (AvgIpc) is 2.99. The van der Waals surface area contributed by atoms with Crippen LogP contribution in [-0.2, 0) is 6.42 Å². The lowest BCUT2D eigenvalue weighted by atomic mass is 10.1. The molecule has 0 spiro atoms. The second kappa shape index (κ2) is 8.89. The Labute approximate surface area is 143 Å². The van der Waals surface area contributed by atoms with Crippen LogP contribution in [0, 0.1) is 6.92 Å². The normalized spacial score (nSPS) is 10.8. The van der Waals surface area contributed by atoms with E-state index in [0.717, 1.165) is 49.1 Å². The monoisotopic (exact) mass is 332 g/mol. The molecule has 0 unspecified atom stereocenters. The number of aryl methyl sites for hydroxylation is 1. The van der Waals surface area contributed by atoms with Crippen LogP contribution in [0.25, 0.3) is 0 Å². The summed E-state index contributed by atoms with van der Waals surface area (Å²) in [5, 5.41) is 9.89. The summed E-state index contributed by atoms with van der Waals surface area (Å²) in [6.45, 7) is 12.7. The third-order valence-corrected chi connectivity index (χ3v) is 4.75. The molecule has 0 bridgehead atoms. The van der Waals surface area contributed by atoms with Gasteiger partial charge in [-0.3, -0.25) is 0 Å². The second-order valence-electron chi connectivity index (χ2n) is 5.54. The van der Waals surface area contributed by atoms with Crippen molar-refractivity contribution in [3.8, 4) is 0 Å². The van der Waals surface area contributed by atoms with Gasteiger partial charge in [0.1, 0.15) is 0 Å². The molecule has 5 heteroatoms. The molecule has 0 aliphatic carbocycles. The Bertz CT molecular complexity index is 605. The molecule has 0 aliphatic heterocycles. The summed E-state index contributed by atoms with van der Waals surface area (Å²) in [7, 11) is 0. The SMILES string of the molecule is CCNCCc1csc(Nc2ccc(N(CC)CC)cc2C)n1. The lowest BCUT2D eigenvalue weighted by Gasteiger charge is -2.22. The van der Waals surface area contributed by atoms with Gasteiger partial charge in [0, 0.05) is 42.8 Å². The highest BCUT2D eigenvalue weighted by molar-refractivity contribution is 7.13. The van der Waals surface area contributed by atoms with Gasteiger partial charge in [-0.15, -0.1) is 11.3 Å². The highest BCUT2D eigenvalue weighted by Gasteiger charge is 2.07. The number of nitrogens with zero attached hydrogens (tertiary/aromatic N) is 2. The van der Waals surface area contributed by atoms with Crippen molar-refractivity contribution in [2.45, 2.75) is 34.1 Å². The number of nitrogens with one attached hydrogen (secondary N) is 2. The molecule has 4 nitrogen and oxygen atoms in total. The topological polar surface area (TPSA) is 40.2 Å². The van der Waals surface area contributed by atoms with Crippen LogP contribution in [0.5, 0.6) is 0 Å². The van der Waals surface area contributed by atoms with Crippen LogP contribution in [0.3, 0.4) is 0 Å². The van der Waals surface area contributed by atoms with Crippen molar-refractivity contribution in [3.63, 3.8) is 0 Å². The third kappa shape index (κ3) is 4.94. The van der Waals surface area contributed by atoms with Crippen molar-refractivity contribution in [1.82, 2.24) is 10.3 Å². The molecule has 0 saturated heterocycles. The van der Waals surface area contributed by atoms with E-state index in [1.54, 1.807) is 11.3 Å². The number of likely N-dealkylation sites (N-methyl/N-ethyl adjacent to an activating group) is 1. The molecule has 2 rings (SSSR count). The van der Waals surface area contributed by atoms with Crippen LogP contribution < -0.4 is 15.5 Å². The van der Waals surface area contributed by atoms with Crippen molar-refractivity contribution >= 4 is 27.8 Å². The van der Waals surface area contributed by atoms with Gasteiger partial charge in [0.15, 0.2) is 5.13 Å². The number of rotatable bonds is 9. The molecule has 23 heavy (non-hydrogen) atoms. The summed E-state index contributed by atoms with van der Waals surface area (Å²) in [6.07, 6.45) is 0.978. The lowest BCUT2D eigenvalue weighted by Crippen LogP contribution is -2.21. The van der Waals surface area contributed by atoms with Crippen LogP contribution in [0.4, 0.5) is 16.5 Å². The van der Waals surface area contributed by atoms with Gasteiger partial charge in [-0.2, -0.15) is 0 Å². The standard InChI is InChI=1S/C18H28N4S/c1-5-19-11-10-15-13-23-18(20-15)21-17-9-8-16(12-14(17)4)22(6-2)7-3/h8-9,12-13,19H,5-7,10-11H2,1-4H3,(H,20,21). The zero-order chi connectivity index (χ0) is 16.7. The predicted molar refractivity (Wildman–Crippen MR) is 102 cm³/mol. The maximum atomic E-state index is 4.67. The Morgan fingerprint density at radius 3 is 2.61 bits per heavy atom. The first-order valence-electron chi connectivity index (χ1n) is 8.45. The summed E-state index contributed by atoms with van der Waals surface area (Å²) < 4.78 is 0. The minimum absolute atomic E-state index is 0.968. The molecule has 0 fully saturated rings. The number of aromatic nitrogens is 1. The molecule has 0 saturated carbocycles. The van der Waals surface area contributed by atoms with Crippen LogP contribution in [-0.4, -0.2) is 31.2 Å². The summed E-state index contributed by atoms with van der Waals surface area (Å²) in [5.74, 6) is 0. The highest BCUT2D eigenvalue weighted by Crippen LogP contribution is 2.27. The van der Waals surface area contributed by atoms with E-state index in [-0.39, 0.29) is 0 Å². The number of benzene rings is 1. The number of hydrogen-bond donors (Lipinski definition) is 2. The van der Waals surface area contributed by atoms with E-state index in [2.05, 4.69) is 71.8 Å². The zero-order valence-corrected chi connectivity index (χ0v) is 15.5. The molecule has 1 aromatic heterocycles. The molecule has 0 amide bonds. The molecule has 0 radical (unpaired) electrons. The van der Waals surface area contributed by atoms with Gasteiger partial charge >= 0.3 is 0 Å². The van der Waals surface area contributed by atoms with Crippen molar-refractivity contribution in [1.29, 1.82) is 0 Å². The molecular weight excluding hydrogens is 304 g/mol. The Balaban J connectivity index is 2.02. The average molecular weight is 333 g/mol. The summed E-state index contributed by atoms with van der Waals surface area (Å²) in [4.78, 5) is 7.03. The van der Waals surface area contributed by atoms with Crippen molar-refractivity contribution < 1.29 is 0 Å². The predicted octanol–water partition coefficient (Wildman–Crippen LogP) is 4.19. The van der Waals surface area contributed by atoms with Gasteiger partial charge in [-0.05, 0) is 51.1 Å². The fourth-order valence-electron chi connectivity index (χ4n) is 2.56. The molecule has 2 N–H and O–H groups in total. The quantitative estimate of drug-likeness (QED) is 0.675. The number of anilines is 3. The smallest absolute Gasteiger partial charge is 0.187 e. The maximum Gasteiger partial charge on any atom is 0.187 e. The minimum Gasteiger partial charge on any atom is -0.372 e. The molecule has 0 aliphatic rings. The van der Waals surface area contributed by atoms with Crippen molar-refractivity contribution in [2.75, 3.05) is 36.4 Å². The van der Waals surface area contributed by atoms with E-state index in [4.69, 9.17) is 0 Å². The second-order valence-corrected chi connectivity index (χ2v) is 6.40. The van der Waals surface area contributed by atoms with E-state index < -0.39 is 0 Å². The van der Waals surface area contributed by atoms with Gasteiger partial charge in [-0.25, -0.2) is 4.98 Å². The minimum atomic E-state index is 0.968. The molecular formula is C18H28N4S. The Morgan fingerprint density at radius 1 is 1.17 bits per heavy atom. The van der Waals surface area contributed by atoms with Crippen LogP contribution in [0.15, 0.2) is 23.6 Å². The van der Waals surface area contributed by atoms with Crippen LogP contribution in [0.2, 0.25) is 0 Å². The zero-order valence-electron chi connectivity index (χ0n) is 14.6.